The molecule has 0 aliphatic carbocycles. The van der Waals surface area contributed by atoms with Gasteiger partial charge in [-0.3, -0.25) is 19.7 Å². The molecule has 1 fully saturated rings. The minimum absolute atomic E-state index is 0.0968. The lowest BCUT2D eigenvalue weighted by Crippen LogP contribution is -2.30. The molecule has 0 unspecified atom stereocenters. The molecule has 0 bridgehead atoms. The lowest BCUT2D eigenvalue weighted by molar-refractivity contribution is -0.384. The first kappa shape index (κ1) is 24.5. The molecule has 1 heterocycles. The number of nitrogens with one attached hydrogen (secondary N) is 2. The average molecular weight is 513 g/mol. The number of carbonyl (C=O) groups excluding carboxylic acids is 2. The van der Waals surface area contributed by atoms with Crippen molar-refractivity contribution in [3.05, 3.63) is 92.0 Å². The van der Waals surface area contributed by atoms with Crippen molar-refractivity contribution in [1.29, 1.82) is 0 Å². The summed E-state index contributed by atoms with van der Waals surface area (Å²) < 4.78 is 0. The molecule has 3 aromatic carbocycles. The summed E-state index contributed by atoms with van der Waals surface area (Å²) in [6.07, 6.45) is 3.07. The van der Waals surface area contributed by atoms with E-state index in [1.54, 1.807) is 42.5 Å². The topological polar surface area (TPSA) is 105 Å². The second-order valence-electron chi connectivity index (χ2n) is 8.12. The van der Waals surface area contributed by atoms with Crippen LogP contribution in [0.2, 0.25) is 10.0 Å². The van der Waals surface area contributed by atoms with Crippen molar-refractivity contribution in [2.75, 3.05) is 28.6 Å². The molecule has 3 aromatic rings. The highest BCUT2D eigenvalue weighted by Gasteiger charge is 2.23. The minimum atomic E-state index is -0.498. The first-order chi connectivity index (χ1) is 16.8. The van der Waals surface area contributed by atoms with Crippen LogP contribution in [0.25, 0.3) is 0 Å². The monoisotopic (exact) mass is 512 g/mol. The van der Waals surface area contributed by atoms with Gasteiger partial charge in [0.25, 0.3) is 17.5 Å². The molecule has 0 atom stereocenters. The summed E-state index contributed by atoms with van der Waals surface area (Å²) in [5.41, 5.74) is 1.70. The lowest BCUT2D eigenvalue weighted by Gasteiger charge is -2.28. The van der Waals surface area contributed by atoms with Crippen molar-refractivity contribution < 1.29 is 14.5 Å². The van der Waals surface area contributed by atoms with Crippen LogP contribution in [0.3, 0.4) is 0 Å². The van der Waals surface area contributed by atoms with E-state index in [0.717, 1.165) is 32.4 Å². The van der Waals surface area contributed by atoms with Gasteiger partial charge in [0, 0.05) is 41.1 Å². The molecule has 1 aliphatic rings. The van der Waals surface area contributed by atoms with Gasteiger partial charge in [-0.25, -0.2) is 0 Å². The van der Waals surface area contributed by atoms with Gasteiger partial charge in [0.1, 0.15) is 5.69 Å². The first-order valence-electron chi connectivity index (χ1n) is 11.0. The number of nitrogens with zero attached hydrogens (tertiary/aromatic N) is 2. The van der Waals surface area contributed by atoms with Crippen LogP contribution < -0.4 is 15.5 Å². The number of hydrogen-bond acceptors (Lipinski definition) is 5. The average Bonchev–Trinajstić information content (AvgIpc) is 2.84. The molecule has 35 heavy (non-hydrogen) atoms. The molecule has 1 aliphatic heterocycles. The van der Waals surface area contributed by atoms with Gasteiger partial charge < -0.3 is 15.5 Å². The van der Waals surface area contributed by atoms with Gasteiger partial charge in [0.15, 0.2) is 0 Å². The van der Waals surface area contributed by atoms with Gasteiger partial charge in [-0.15, -0.1) is 0 Å². The van der Waals surface area contributed by atoms with Crippen LogP contribution in [0.5, 0.6) is 0 Å². The van der Waals surface area contributed by atoms with Gasteiger partial charge in [-0.05, 0) is 67.8 Å². The molecule has 1 saturated heterocycles. The molecule has 0 aromatic heterocycles. The summed E-state index contributed by atoms with van der Waals surface area (Å²) in [7, 11) is 0. The van der Waals surface area contributed by atoms with Gasteiger partial charge in [-0.2, -0.15) is 0 Å². The summed E-state index contributed by atoms with van der Waals surface area (Å²) in [6, 6.07) is 15.6. The molecule has 0 saturated carbocycles. The summed E-state index contributed by atoms with van der Waals surface area (Å²) in [5.74, 6) is -0.929. The van der Waals surface area contributed by atoms with E-state index in [4.69, 9.17) is 23.2 Å². The van der Waals surface area contributed by atoms with Gasteiger partial charge in [0.2, 0.25) is 0 Å². The minimum Gasteiger partial charge on any atom is -0.366 e. The fraction of sp³-hybridized carbons (Fsp3) is 0.200. The van der Waals surface area contributed by atoms with Crippen molar-refractivity contribution >= 4 is 57.8 Å². The highest BCUT2D eigenvalue weighted by molar-refractivity contribution is 6.37. The third-order valence-corrected chi connectivity index (χ3v) is 6.23. The smallest absolute Gasteiger partial charge is 0.293 e. The van der Waals surface area contributed by atoms with Crippen LogP contribution >= 0.6 is 23.2 Å². The van der Waals surface area contributed by atoms with Crippen molar-refractivity contribution in [3.63, 3.8) is 0 Å². The summed E-state index contributed by atoms with van der Waals surface area (Å²) in [5, 5.41) is 17.8. The van der Waals surface area contributed by atoms with E-state index in [-0.39, 0.29) is 21.8 Å². The van der Waals surface area contributed by atoms with Crippen LogP contribution in [0.4, 0.5) is 22.7 Å². The highest BCUT2D eigenvalue weighted by Crippen LogP contribution is 2.32. The second kappa shape index (κ2) is 10.8. The Bertz CT molecular complexity index is 1290. The highest BCUT2D eigenvalue weighted by atomic mass is 35.5. The number of carbonyl (C=O) groups is 2. The van der Waals surface area contributed by atoms with Crippen LogP contribution in [0.1, 0.15) is 40.0 Å². The number of amides is 2. The Morgan fingerprint density at radius 2 is 1.54 bits per heavy atom. The van der Waals surface area contributed by atoms with Gasteiger partial charge in [-0.1, -0.05) is 29.3 Å². The fourth-order valence-corrected chi connectivity index (χ4v) is 4.46. The van der Waals surface area contributed by atoms with E-state index in [9.17, 15) is 19.7 Å². The Morgan fingerprint density at radius 1 is 0.857 bits per heavy atom. The number of piperidine rings is 1. The number of nitro groups is 1. The Labute approximate surface area is 212 Å². The molecule has 8 nitrogen and oxygen atoms in total. The molecular formula is C25H22Cl2N4O4. The maximum atomic E-state index is 12.8. The number of nitro benzene ring substituents is 1. The Hall–Kier alpha value is -3.62. The van der Waals surface area contributed by atoms with E-state index >= 15 is 0 Å². The zero-order valence-electron chi connectivity index (χ0n) is 18.6. The molecule has 0 radical (unpaired) electrons. The molecule has 10 heteroatoms. The fourth-order valence-electron chi connectivity index (χ4n) is 3.96. The molecule has 4 rings (SSSR count). The van der Waals surface area contributed by atoms with Crippen LogP contribution in [-0.2, 0) is 0 Å². The van der Waals surface area contributed by atoms with Gasteiger partial charge >= 0.3 is 0 Å². The van der Waals surface area contributed by atoms with Crippen molar-refractivity contribution in [2.24, 2.45) is 0 Å². The van der Waals surface area contributed by atoms with E-state index in [2.05, 4.69) is 10.6 Å². The van der Waals surface area contributed by atoms with Crippen LogP contribution in [0, 0.1) is 10.1 Å². The van der Waals surface area contributed by atoms with Crippen LogP contribution in [-0.4, -0.2) is 29.8 Å². The van der Waals surface area contributed by atoms with E-state index in [1.165, 1.54) is 18.2 Å². The first-order valence-corrected chi connectivity index (χ1v) is 11.8. The maximum absolute atomic E-state index is 12.8. The van der Waals surface area contributed by atoms with E-state index in [0.29, 0.717) is 22.1 Å². The predicted octanol–water partition coefficient (Wildman–Crippen LogP) is 6.40. The Kier molecular flexibility index (Phi) is 7.53. The zero-order valence-corrected chi connectivity index (χ0v) is 20.1. The molecular weight excluding hydrogens is 491 g/mol. The Balaban J connectivity index is 1.49. The van der Waals surface area contributed by atoms with Crippen molar-refractivity contribution in [1.82, 2.24) is 0 Å². The standard InChI is InChI=1S/C25H22Cl2N4O4/c26-17-8-9-20(21(27)14-17)25(33)29-19-6-4-5-18(15-19)28-24(32)16-7-10-22(23(13-16)31(34)35)30-11-2-1-3-12-30/h4-10,13-15H,1-3,11-12H2,(H,28,32)(H,29,33). The molecule has 2 amide bonds. The van der Waals surface area contributed by atoms with E-state index in [1.807, 2.05) is 4.90 Å². The zero-order chi connectivity index (χ0) is 24.9. The van der Waals surface area contributed by atoms with Crippen molar-refractivity contribution in [2.45, 2.75) is 19.3 Å². The number of rotatable bonds is 6. The molecule has 2 N–H and O–H groups in total. The normalized spacial score (nSPS) is 13.3. The molecule has 180 valence electrons. The van der Waals surface area contributed by atoms with Crippen LogP contribution in [0.15, 0.2) is 60.7 Å². The summed E-state index contributed by atoms with van der Waals surface area (Å²) in [4.78, 5) is 38.6. The van der Waals surface area contributed by atoms with Gasteiger partial charge in [0.05, 0.1) is 15.5 Å². The Morgan fingerprint density at radius 3 is 2.20 bits per heavy atom. The lowest BCUT2D eigenvalue weighted by atomic mass is 10.1. The maximum Gasteiger partial charge on any atom is 0.293 e. The molecule has 0 spiro atoms. The third kappa shape index (κ3) is 5.90. The summed E-state index contributed by atoms with van der Waals surface area (Å²) >= 11 is 12.0. The second-order valence-corrected chi connectivity index (χ2v) is 8.97. The largest absolute Gasteiger partial charge is 0.366 e. The third-order valence-electron chi connectivity index (χ3n) is 5.69. The van der Waals surface area contributed by atoms with Crippen molar-refractivity contribution in [3.8, 4) is 0 Å². The quantitative estimate of drug-likeness (QED) is 0.293. The summed E-state index contributed by atoms with van der Waals surface area (Å²) in [6.45, 7) is 1.51. The number of halogens is 2. The SMILES string of the molecule is O=C(Nc1cccc(NC(=O)c2ccc(Cl)cc2Cl)c1)c1ccc(N2CCCCC2)c([N+](=O)[O-])c1. The number of anilines is 3. The number of hydrogen-bond donors (Lipinski definition) is 2. The van der Waals surface area contributed by atoms with E-state index < -0.39 is 16.7 Å². The predicted molar refractivity (Wildman–Crippen MR) is 138 cm³/mol. The number of benzene rings is 3.